The molecule has 94 valence electrons. The molecule has 1 saturated carbocycles. The minimum Gasteiger partial charge on any atom is -0.439 e. The van der Waals surface area contributed by atoms with Gasteiger partial charge in [0.15, 0.2) is 5.58 Å². The SMILES string of the molecule is c1ccc2oc(C3CC4CCCCC4N3)nc2c1. The molecule has 1 aliphatic heterocycles. The first-order chi connectivity index (χ1) is 8.90. The number of rotatable bonds is 1. The summed E-state index contributed by atoms with van der Waals surface area (Å²) in [6.45, 7) is 0. The predicted molar refractivity (Wildman–Crippen MR) is 70.2 cm³/mol. The lowest BCUT2D eigenvalue weighted by Gasteiger charge is -2.24. The maximum atomic E-state index is 5.88. The number of benzene rings is 1. The van der Waals surface area contributed by atoms with Crippen molar-refractivity contribution < 1.29 is 4.42 Å². The monoisotopic (exact) mass is 242 g/mol. The van der Waals surface area contributed by atoms with Crippen LogP contribution in [0.1, 0.15) is 44.0 Å². The molecular weight excluding hydrogens is 224 g/mol. The molecule has 18 heavy (non-hydrogen) atoms. The fraction of sp³-hybridized carbons (Fsp3) is 0.533. The summed E-state index contributed by atoms with van der Waals surface area (Å²) in [6, 6.07) is 9.04. The molecule has 1 aromatic heterocycles. The molecule has 2 aromatic rings. The number of hydrogen-bond acceptors (Lipinski definition) is 3. The van der Waals surface area contributed by atoms with Crippen molar-refractivity contribution >= 4 is 11.1 Å². The highest BCUT2D eigenvalue weighted by Gasteiger charge is 2.37. The number of fused-ring (bicyclic) bond motifs is 2. The quantitative estimate of drug-likeness (QED) is 0.832. The Morgan fingerprint density at radius 1 is 1.17 bits per heavy atom. The Bertz CT molecular complexity index is 515. The third kappa shape index (κ3) is 1.65. The summed E-state index contributed by atoms with van der Waals surface area (Å²) in [6.07, 6.45) is 6.64. The molecule has 2 aliphatic rings. The summed E-state index contributed by atoms with van der Waals surface area (Å²) in [5.74, 6) is 1.71. The van der Waals surface area contributed by atoms with E-state index in [2.05, 4.69) is 10.3 Å². The third-order valence-corrected chi connectivity index (χ3v) is 4.47. The van der Waals surface area contributed by atoms with Crippen LogP contribution < -0.4 is 5.32 Å². The molecule has 0 amide bonds. The van der Waals surface area contributed by atoms with E-state index in [1.54, 1.807) is 0 Å². The van der Waals surface area contributed by atoms with E-state index in [4.69, 9.17) is 4.42 Å². The van der Waals surface area contributed by atoms with Gasteiger partial charge in [-0.2, -0.15) is 0 Å². The van der Waals surface area contributed by atoms with Gasteiger partial charge in [0.1, 0.15) is 5.52 Å². The van der Waals surface area contributed by atoms with Crippen molar-refractivity contribution in [3.8, 4) is 0 Å². The summed E-state index contributed by atoms with van der Waals surface area (Å²) in [7, 11) is 0. The van der Waals surface area contributed by atoms with Crippen LogP contribution in [-0.2, 0) is 0 Å². The van der Waals surface area contributed by atoms with Gasteiger partial charge in [0.05, 0.1) is 6.04 Å². The third-order valence-electron chi connectivity index (χ3n) is 4.47. The van der Waals surface area contributed by atoms with Gasteiger partial charge in [-0.25, -0.2) is 4.98 Å². The van der Waals surface area contributed by atoms with E-state index in [9.17, 15) is 0 Å². The Balaban J connectivity index is 1.63. The van der Waals surface area contributed by atoms with E-state index < -0.39 is 0 Å². The van der Waals surface area contributed by atoms with Gasteiger partial charge in [-0.15, -0.1) is 0 Å². The molecule has 1 aliphatic carbocycles. The number of nitrogens with zero attached hydrogens (tertiary/aromatic N) is 1. The summed E-state index contributed by atoms with van der Waals surface area (Å²) < 4.78 is 5.88. The lowest BCUT2D eigenvalue weighted by atomic mass is 9.85. The van der Waals surface area contributed by atoms with Crippen LogP contribution in [0.25, 0.3) is 11.1 Å². The Hall–Kier alpha value is -1.35. The Morgan fingerprint density at radius 3 is 2.94 bits per heavy atom. The normalized spacial score (nSPS) is 31.7. The number of nitrogens with one attached hydrogen (secondary N) is 1. The molecule has 2 fully saturated rings. The molecule has 1 N–H and O–H groups in total. The van der Waals surface area contributed by atoms with Crippen LogP contribution in [0.4, 0.5) is 0 Å². The lowest BCUT2D eigenvalue weighted by Crippen LogP contribution is -2.30. The molecule has 3 nitrogen and oxygen atoms in total. The highest BCUT2D eigenvalue weighted by Crippen LogP contribution is 2.39. The Kier molecular flexibility index (Phi) is 2.40. The fourth-order valence-electron chi connectivity index (χ4n) is 3.55. The van der Waals surface area contributed by atoms with E-state index in [-0.39, 0.29) is 0 Å². The lowest BCUT2D eigenvalue weighted by molar-refractivity contribution is 0.325. The van der Waals surface area contributed by atoms with Crippen molar-refractivity contribution in [2.75, 3.05) is 0 Å². The molecule has 1 saturated heterocycles. The number of hydrogen-bond donors (Lipinski definition) is 1. The molecule has 0 radical (unpaired) electrons. The van der Waals surface area contributed by atoms with Gasteiger partial charge in [0.2, 0.25) is 5.89 Å². The second-order valence-electron chi connectivity index (χ2n) is 5.63. The number of para-hydroxylation sites is 2. The highest BCUT2D eigenvalue weighted by atomic mass is 16.3. The van der Waals surface area contributed by atoms with Gasteiger partial charge in [0, 0.05) is 6.04 Å². The largest absolute Gasteiger partial charge is 0.439 e. The van der Waals surface area contributed by atoms with Crippen LogP contribution in [0.5, 0.6) is 0 Å². The van der Waals surface area contributed by atoms with Crippen LogP contribution in [-0.4, -0.2) is 11.0 Å². The second kappa shape index (κ2) is 4.09. The van der Waals surface area contributed by atoms with Gasteiger partial charge in [-0.05, 0) is 37.3 Å². The minimum absolute atomic E-state index is 0.325. The maximum Gasteiger partial charge on any atom is 0.212 e. The van der Waals surface area contributed by atoms with Crippen LogP contribution >= 0.6 is 0 Å². The van der Waals surface area contributed by atoms with E-state index in [0.717, 1.165) is 22.9 Å². The van der Waals surface area contributed by atoms with Gasteiger partial charge in [-0.1, -0.05) is 25.0 Å². The van der Waals surface area contributed by atoms with Crippen molar-refractivity contribution in [1.82, 2.24) is 10.3 Å². The minimum atomic E-state index is 0.325. The molecule has 2 heterocycles. The molecule has 1 aromatic carbocycles. The van der Waals surface area contributed by atoms with Crippen LogP contribution in [0.2, 0.25) is 0 Å². The van der Waals surface area contributed by atoms with E-state index in [0.29, 0.717) is 12.1 Å². The van der Waals surface area contributed by atoms with Crippen LogP contribution in [0.3, 0.4) is 0 Å². The molecule has 3 atom stereocenters. The molecule has 0 spiro atoms. The van der Waals surface area contributed by atoms with Crippen molar-refractivity contribution in [2.45, 2.75) is 44.2 Å². The Morgan fingerprint density at radius 2 is 2.06 bits per heavy atom. The fourth-order valence-corrected chi connectivity index (χ4v) is 3.55. The summed E-state index contributed by atoms with van der Waals surface area (Å²) >= 11 is 0. The molecule has 3 heteroatoms. The summed E-state index contributed by atoms with van der Waals surface area (Å²) in [5, 5.41) is 3.71. The average molecular weight is 242 g/mol. The molecule has 0 bridgehead atoms. The Labute approximate surface area is 107 Å². The first kappa shape index (κ1) is 10.6. The molecule has 3 unspecified atom stereocenters. The molecule has 4 rings (SSSR count). The van der Waals surface area contributed by atoms with Gasteiger partial charge in [-0.3, -0.25) is 0 Å². The summed E-state index contributed by atoms with van der Waals surface area (Å²) in [4.78, 5) is 4.62. The second-order valence-corrected chi connectivity index (χ2v) is 5.63. The van der Waals surface area contributed by atoms with E-state index in [1.807, 2.05) is 24.3 Å². The number of aromatic nitrogens is 1. The van der Waals surface area contributed by atoms with Crippen molar-refractivity contribution in [1.29, 1.82) is 0 Å². The highest BCUT2D eigenvalue weighted by molar-refractivity contribution is 5.72. The zero-order valence-corrected chi connectivity index (χ0v) is 10.4. The van der Waals surface area contributed by atoms with E-state index >= 15 is 0 Å². The van der Waals surface area contributed by atoms with Gasteiger partial charge >= 0.3 is 0 Å². The first-order valence-corrected chi connectivity index (χ1v) is 7.02. The first-order valence-electron chi connectivity index (χ1n) is 7.02. The van der Waals surface area contributed by atoms with Crippen molar-refractivity contribution in [3.63, 3.8) is 0 Å². The maximum absolute atomic E-state index is 5.88. The van der Waals surface area contributed by atoms with Crippen LogP contribution in [0.15, 0.2) is 28.7 Å². The van der Waals surface area contributed by atoms with Crippen molar-refractivity contribution in [3.05, 3.63) is 30.2 Å². The topological polar surface area (TPSA) is 38.1 Å². The van der Waals surface area contributed by atoms with E-state index in [1.165, 1.54) is 32.1 Å². The number of oxazole rings is 1. The predicted octanol–water partition coefficient (Wildman–Crippen LogP) is 3.42. The smallest absolute Gasteiger partial charge is 0.212 e. The van der Waals surface area contributed by atoms with Crippen molar-refractivity contribution in [2.24, 2.45) is 5.92 Å². The zero-order valence-electron chi connectivity index (χ0n) is 10.4. The van der Waals surface area contributed by atoms with Gasteiger partial charge in [0.25, 0.3) is 0 Å². The average Bonchev–Trinajstić information content (AvgIpc) is 3.02. The molecular formula is C15H18N2O. The standard InChI is InChI=1S/C15H18N2O/c1-2-6-11-10(5-1)9-13(16-11)15-17-12-7-3-4-8-14(12)18-15/h3-4,7-8,10-11,13,16H,1-2,5-6,9H2. The van der Waals surface area contributed by atoms with Gasteiger partial charge < -0.3 is 9.73 Å². The van der Waals surface area contributed by atoms with Crippen LogP contribution in [0, 0.1) is 5.92 Å². The summed E-state index contributed by atoms with van der Waals surface area (Å²) in [5.41, 5.74) is 1.88. The zero-order chi connectivity index (χ0) is 11.9.